The number of aryl methyl sites for hydroxylation is 1. The highest BCUT2D eigenvalue weighted by molar-refractivity contribution is 14.1. The fourth-order valence-corrected chi connectivity index (χ4v) is 3.88. The van der Waals surface area contributed by atoms with Crippen LogP contribution < -0.4 is 0 Å². The van der Waals surface area contributed by atoms with Crippen LogP contribution in [-0.2, 0) is 6.42 Å². The Morgan fingerprint density at radius 2 is 2.15 bits per heavy atom. The average Bonchev–Trinajstić information content (AvgIpc) is 2.46. The molecule has 3 heteroatoms. The summed E-state index contributed by atoms with van der Waals surface area (Å²) in [5.41, 5.74) is 1.40. The Morgan fingerprint density at radius 3 is 2.85 bits per heavy atom. The molecule has 2 rings (SSSR count). The van der Waals surface area contributed by atoms with Crippen molar-refractivity contribution in [2.75, 3.05) is 0 Å². The van der Waals surface area contributed by atoms with E-state index < -0.39 is 0 Å². The highest BCUT2D eigenvalue weighted by Crippen LogP contribution is 2.33. The molecule has 0 spiro atoms. The molecule has 0 saturated heterocycles. The minimum absolute atomic E-state index is 1.10. The smallest absolute Gasteiger partial charge is 0.0666 e. The summed E-state index contributed by atoms with van der Waals surface area (Å²) in [5.74, 6) is 0. The van der Waals surface area contributed by atoms with Crippen LogP contribution in [0.5, 0.6) is 0 Å². The Labute approximate surface area is 104 Å². The lowest BCUT2D eigenvalue weighted by Crippen LogP contribution is -1.78. The first kappa shape index (κ1) is 9.93. The Hall–Kier alpha value is 0.390. The topological polar surface area (TPSA) is 0 Å². The quantitative estimate of drug-likeness (QED) is 0.634. The molecule has 0 amide bonds. The van der Waals surface area contributed by atoms with Crippen LogP contribution in [0.2, 0.25) is 0 Å². The van der Waals surface area contributed by atoms with Gasteiger partial charge >= 0.3 is 0 Å². The van der Waals surface area contributed by atoms with Gasteiger partial charge in [-0.05, 0) is 68.0 Å². The molecule has 0 fully saturated rings. The predicted octanol–water partition coefficient (Wildman–Crippen LogP) is 4.83. The molecule has 1 aromatic carbocycles. The van der Waals surface area contributed by atoms with Gasteiger partial charge in [-0.1, -0.05) is 13.0 Å². The van der Waals surface area contributed by atoms with Crippen molar-refractivity contribution >= 4 is 59.9 Å². The largest absolute Gasteiger partial charge is 0.128 e. The Kier molecular flexibility index (Phi) is 2.95. The molecule has 68 valence electrons. The maximum Gasteiger partial charge on any atom is 0.0666 e. The molecule has 0 bridgehead atoms. The van der Waals surface area contributed by atoms with Crippen LogP contribution in [0, 0.1) is 2.88 Å². The Morgan fingerprint density at radius 1 is 1.38 bits per heavy atom. The van der Waals surface area contributed by atoms with Crippen LogP contribution in [0.4, 0.5) is 0 Å². The first-order valence-corrected chi connectivity index (χ1v) is 6.77. The predicted molar refractivity (Wildman–Crippen MR) is 71.6 cm³/mol. The molecule has 0 atom stereocenters. The molecule has 0 aliphatic carbocycles. The minimum Gasteiger partial charge on any atom is -0.128 e. The molecule has 0 aliphatic rings. The standard InChI is InChI=1S/C10H8BrIS/c1-2-6-3-7-5-9(12)13-10(7)8(11)4-6/h3-5H,2H2,1H3. The van der Waals surface area contributed by atoms with Crippen LogP contribution in [-0.4, -0.2) is 0 Å². The summed E-state index contributed by atoms with van der Waals surface area (Å²) in [6.07, 6.45) is 1.10. The van der Waals surface area contributed by atoms with Gasteiger partial charge in [-0.25, -0.2) is 0 Å². The van der Waals surface area contributed by atoms with Crippen molar-refractivity contribution in [1.29, 1.82) is 0 Å². The van der Waals surface area contributed by atoms with Crippen molar-refractivity contribution in [1.82, 2.24) is 0 Å². The fourth-order valence-electron chi connectivity index (χ4n) is 1.34. The second-order valence-corrected chi connectivity index (χ2v) is 6.70. The maximum absolute atomic E-state index is 3.61. The SMILES string of the molecule is CCc1cc(Br)c2sc(I)cc2c1. The van der Waals surface area contributed by atoms with E-state index in [-0.39, 0.29) is 0 Å². The molecule has 0 unspecified atom stereocenters. The summed E-state index contributed by atoms with van der Waals surface area (Å²) < 4.78 is 3.94. The number of hydrogen-bond donors (Lipinski definition) is 0. The van der Waals surface area contributed by atoms with Crippen molar-refractivity contribution in [3.63, 3.8) is 0 Å². The second-order valence-electron chi connectivity index (χ2n) is 2.90. The normalized spacial score (nSPS) is 11.0. The van der Waals surface area contributed by atoms with Gasteiger partial charge in [0.2, 0.25) is 0 Å². The number of rotatable bonds is 1. The van der Waals surface area contributed by atoms with Crippen molar-refractivity contribution < 1.29 is 0 Å². The van der Waals surface area contributed by atoms with Gasteiger partial charge in [-0.15, -0.1) is 11.3 Å². The van der Waals surface area contributed by atoms with Gasteiger partial charge < -0.3 is 0 Å². The number of thiophene rings is 1. The second kappa shape index (κ2) is 3.87. The van der Waals surface area contributed by atoms with E-state index in [2.05, 4.69) is 63.6 Å². The summed E-state index contributed by atoms with van der Waals surface area (Å²) >= 11 is 7.82. The molecule has 0 radical (unpaired) electrons. The number of hydrogen-bond acceptors (Lipinski definition) is 1. The molecule has 0 N–H and O–H groups in total. The van der Waals surface area contributed by atoms with Gasteiger partial charge in [0.1, 0.15) is 0 Å². The van der Waals surface area contributed by atoms with Crippen molar-refractivity contribution in [2.45, 2.75) is 13.3 Å². The van der Waals surface area contributed by atoms with E-state index in [0.29, 0.717) is 0 Å². The third-order valence-corrected chi connectivity index (χ3v) is 4.84. The summed E-state index contributed by atoms with van der Waals surface area (Å²) in [6.45, 7) is 2.19. The number of benzene rings is 1. The van der Waals surface area contributed by atoms with Crippen LogP contribution in [0.3, 0.4) is 0 Å². The summed E-state index contributed by atoms with van der Waals surface area (Å²) in [5, 5.41) is 1.36. The zero-order valence-corrected chi connectivity index (χ0v) is 11.7. The van der Waals surface area contributed by atoms with E-state index in [1.54, 1.807) is 0 Å². The number of halogens is 2. The zero-order chi connectivity index (χ0) is 9.42. The van der Waals surface area contributed by atoms with Crippen molar-refractivity contribution in [2.24, 2.45) is 0 Å². The lowest BCUT2D eigenvalue weighted by molar-refractivity contribution is 1.14. The molecule has 0 aliphatic heterocycles. The highest BCUT2D eigenvalue weighted by Gasteiger charge is 2.04. The molecule has 0 saturated carbocycles. The first-order valence-electron chi connectivity index (χ1n) is 4.08. The van der Waals surface area contributed by atoms with E-state index in [0.717, 1.165) is 6.42 Å². The average molecular weight is 367 g/mol. The molecule has 2 aromatic rings. The summed E-state index contributed by atoms with van der Waals surface area (Å²) in [6, 6.07) is 6.73. The molecule has 0 nitrogen and oxygen atoms in total. The van der Waals surface area contributed by atoms with Crippen LogP contribution in [0.25, 0.3) is 10.1 Å². The van der Waals surface area contributed by atoms with E-state index in [1.165, 1.54) is 23.0 Å². The van der Waals surface area contributed by atoms with E-state index in [1.807, 2.05) is 11.3 Å². The van der Waals surface area contributed by atoms with E-state index >= 15 is 0 Å². The van der Waals surface area contributed by atoms with Crippen LogP contribution >= 0.6 is 49.9 Å². The van der Waals surface area contributed by atoms with Gasteiger partial charge in [0.25, 0.3) is 0 Å². The van der Waals surface area contributed by atoms with Crippen LogP contribution in [0.15, 0.2) is 22.7 Å². The maximum atomic E-state index is 3.61. The third kappa shape index (κ3) is 1.92. The summed E-state index contributed by atoms with van der Waals surface area (Å²) in [7, 11) is 0. The highest BCUT2D eigenvalue weighted by atomic mass is 127. The number of fused-ring (bicyclic) bond motifs is 1. The van der Waals surface area contributed by atoms with Crippen molar-refractivity contribution in [3.8, 4) is 0 Å². The minimum atomic E-state index is 1.10. The molecular formula is C10H8BrIS. The third-order valence-electron chi connectivity index (χ3n) is 2.01. The Bertz CT molecular complexity index is 447. The fraction of sp³-hybridized carbons (Fsp3) is 0.200. The van der Waals surface area contributed by atoms with Gasteiger partial charge in [0, 0.05) is 9.17 Å². The van der Waals surface area contributed by atoms with Gasteiger partial charge in [-0.2, -0.15) is 0 Å². The molecule has 1 heterocycles. The molecule has 1 aromatic heterocycles. The summed E-state index contributed by atoms with van der Waals surface area (Å²) in [4.78, 5) is 0. The first-order chi connectivity index (χ1) is 6.20. The van der Waals surface area contributed by atoms with Gasteiger partial charge in [0.05, 0.1) is 2.88 Å². The van der Waals surface area contributed by atoms with Gasteiger partial charge in [-0.3, -0.25) is 0 Å². The molecular weight excluding hydrogens is 359 g/mol. The lowest BCUT2D eigenvalue weighted by Gasteiger charge is -1.98. The zero-order valence-electron chi connectivity index (χ0n) is 7.10. The van der Waals surface area contributed by atoms with E-state index in [9.17, 15) is 0 Å². The lowest BCUT2D eigenvalue weighted by atomic mass is 10.1. The van der Waals surface area contributed by atoms with Crippen molar-refractivity contribution in [3.05, 3.63) is 31.1 Å². The molecule has 13 heavy (non-hydrogen) atoms. The van der Waals surface area contributed by atoms with Crippen LogP contribution in [0.1, 0.15) is 12.5 Å². The monoisotopic (exact) mass is 366 g/mol. The Balaban J connectivity index is 2.75. The van der Waals surface area contributed by atoms with E-state index in [4.69, 9.17) is 0 Å². The van der Waals surface area contributed by atoms with Gasteiger partial charge in [0.15, 0.2) is 0 Å².